The smallest absolute Gasteiger partial charge is 0.0629 e. The first-order chi connectivity index (χ1) is 25.8. The molecule has 0 N–H and O–H groups in total. The minimum Gasteiger partial charge on any atom is -0.333 e. The van der Waals surface area contributed by atoms with Gasteiger partial charge >= 0.3 is 0 Å². The van der Waals surface area contributed by atoms with Gasteiger partial charge in [0.25, 0.3) is 0 Å². The van der Waals surface area contributed by atoms with Gasteiger partial charge < -0.3 is 9.47 Å². The number of nitrogens with zero attached hydrogens (tertiary/aromatic N) is 2. The van der Waals surface area contributed by atoms with Crippen molar-refractivity contribution in [3.63, 3.8) is 0 Å². The van der Waals surface area contributed by atoms with Gasteiger partial charge in [0.1, 0.15) is 0 Å². The van der Waals surface area contributed by atoms with Crippen molar-refractivity contribution in [2.45, 2.75) is 37.3 Å². The average Bonchev–Trinajstić information content (AvgIpc) is 3.73. The lowest BCUT2D eigenvalue weighted by molar-refractivity contribution is 0.623. The number of hydrogen-bond acceptors (Lipinski definition) is 1. The molecule has 3 atom stereocenters. The second-order valence-electron chi connectivity index (χ2n) is 14.6. The van der Waals surface area contributed by atoms with Crippen LogP contribution in [0.3, 0.4) is 0 Å². The van der Waals surface area contributed by atoms with Gasteiger partial charge in [-0.2, -0.15) is 0 Å². The lowest BCUT2D eigenvalue weighted by Gasteiger charge is -2.29. The van der Waals surface area contributed by atoms with Crippen LogP contribution in [0.25, 0.3) is 55.2 Å². The van der Waals surface area contributed by atoms with Crippen LogP contribution in [0.15, 0.2) is 170 Å². The van der Waals surface area contributed by atoms with Crippen LogP contribution in [0.5, 0.6) is 0 Å². The van der Waals surface area contributed by atoms with Crippen molar-refractivity contribution in [1.82, 2.24) is 4.57 Å². The van der Waals surface area contributed by atoms with E-state index in [9.17, 15) is 0 Å². The third kappa shape index (κ3) is 4.37. The predicted molar refractivity (Wildman–Crippen MR) is 220 cm³/mol. The van der Waals surface area contributed by atoms with E-state index in [0.29, 0.717) is 12.0 Å². The zero-order valence-electron chi connectivity index (χ0n) is 29.0. The van der Waals surface area contributed by atoms with Gasteiger partial charge in [-0.1, -0.05) is 146 Å². The van der Waals surface area contributed by atoms with Crippen molar-refractivity contribution < 1.29 is 0 Å². The molecule has 4 aliphatic rings. The Morgan fingerprint density at radius 3 is 2.00 bits per heavy atom. The third-order valence-corrected chi connectivity index (χ3v) is 11.9. The molecule has 0 radical (unpaired) electrons. The highest BCUT2D eigenvalue weighted by Crippen LogP contribution is 2.49. The molecule has 1 aliphatic heterocycles. The minimum absolute atomic E-state index is 0.286. The van der Waals surface area contributed by atoms with Crippen molar-refractivity contribution in [3.8, 4) is 11.1 Å². The molecular weight excluding hydrogens is 629 g/mol. The molecule has 2 nitrogen and oxygen atoms in total. The molecule has 3 unspecified atom stereocenters. The number of rotatable bonds is 4. The number of benzene rings is 6. The van der Waals surface area contributed by atoms with Gasteiger partial charge in [-0.25, -0.2) is 0 Å². The molecule has 0 saturated carbocycles. The Hall–Kier alpha value is -6.12. The van der Waals surface area contributed by atoms with Crippen LogP contribution in [-0.4, -0.2) is 10.6 Å². The summed E-state index contributed by atoms with van der Waals surface area (Å²) in [5.41, 5.74) is 13.4. The summed E-state index contributed by atoms with van der Waals surface area (Å²) in [5.74, 6) is 0.379. The molecule has 0 amide bonds. The Labute approximate surface area is 304 Å². The van der Waals surface area contributed by atoms with E-state index in [1.54, 1.807) is 0 Å². The quantitative estimate of drug-likeness (QED) is 0.170. The number of aryl methyl sites for hydroxylation is 1. The summed E-state index contributed by atoms with van der Waals surface area (Å²) in [6.45, 7) is 0. The van der Waals surface area contributed by atoms with Crippen LogP contribution in [0.1, 0.15) is 47.2 Å². The van der Waals surface area contributed by atoms with Crippen molar-refractivity contribution in [3.05, 3.63) is 192 Å². The second-order valence-corrected chi connectivity index (χ2v) is 14.6. The van der Waals surface area contributed by atoms with Gasteiger partial charge in [0.15, 0.2) is 0 Å². The molecule has 2 heterocycles. The standard InChI is InChI=1S/C50H38N2/c1-2-18-42-41(17-1)49(33-25-29-35(30-26-33)51-45-21-9-5-13-37(45)38-14-6-10-22-46(38)51)43-19-3-4-20-44(43)50(42)34-27-31-36(32-28-34)52-47-23-11-7-15-39(47)40-16-8-12-24-48(40)52/h1-7,9-15,17-31,36-37,45H,8,16,32H2. The number of hydrogen-bond donors (Lipinski definition) is 0. The molecular formula is C50H38N2. The number of anilines is 2. The number of aromatic nitrogens is 1. The summed E-state index contributed by atoms with van der Waals surface area (Å²) in [6.07, 6.45) is 24.3. The first-order valence-electron chi connectivity index (χ1n) is 18.8. The van der Waals surface area contributed by atoms with Gasteiger partial charge in [0.2, 0.25) is 0 Å². The number of fused-ring (bicyclic) bond motifs is 8. The Kier molecular flexibility index (Phi) is 6.67. The van der Waals surface area contributed by atoms with E-state index in [1.807, 2.05) is 0 Å². The van der Waals surface area contributed by atoms with Crippen LogP contribution in [-0.2, 0) is 6.42 Å². The zero-order chi connectivity index (χ0) is 34.2. The van der Waals surface area contributed by atoms with Gasteiger partial charge in [0, 0.05) is 33.9 Å². The van der Waals surface area contributed by atoms with Crippen molar-refractivity contribution in [1.29, 1.82) is 0 Å². The molecule has 0 spiro atoms. The normalized spacial score (nSPS) is 20.0. The fourth-order valence-electron chi connectivity index (χ4n) is 9.69. The molecule has 7 aromatic rings. The SMILES string of the molecule is C1=CC2c3ccccc3N(c3ccc(-c4c5ccccc5c(C5=CCC(n6c7c(c8ccccc86)CCC=C7)C=C5)c5ccccc45)cc3)C2C=C1. The third-order valence-electron chi connectivity index (χ3n) is 11.9. The van der Waals surface area contributed by atoms with Crippen molar-refractivity contribution in [2.24, 2.45) is 0 Å². The Bertz CT molecular complexity index is 2670. The van der Waals surface area contributed by atoms with Crippen molar-refractivity contribution >= 4 is 55.5 Å². The lowest BCUT2D eigenvalue weighted by Crippen LogP contribution is -2.28. The Morgan fingerprint density at radius 1 is 0.577 bits per heavy atom. The van der Waals surface area contributed by atoms with E-state index >= 15 is 0 Å². The highest BCUT2D eigenvalue weighted by atomic mass is 15.2. The van der Waals surface area contributed by atoms with Gasteiger partial charge in [-0.15, -0.1) is 0 Å². The minimum atomic E-state index is 0.286. The van der Waals surface area contributed by atoms with Crippen LogP contribution < -0.4 is 4.90 Å². The lowest BCUT2D eigenvalue weighted by atomic mass is 9.84. The van der Waals surface area contributed by atoms with Crippen molar-refractivity contribution in [2.75, 3.05) is 4.90 Å². The molecule has 52 heavy (non-hydrogen) atoms. The molecule has 1 aromatic heterocycles. The van der Waals surface area contributed by atoms with Crippen LogP contribution in [0, 0.1) is 0 Å². The van der Waals surface area contributed by atoms with E-state index < -0.39 is 0 Å². The van der Waals surface area contributed by atoms with Gasteiger partial charge in [0.05, 0.1) is 12.1 Å². The highest BCUT2D eigenvalue weighted by Gasteiger charge is 2.37. The first-order valence-corrected chi connectivity index (χ1v) is 18.8. The number of para-hydroxylation sites is 2. The number of allylic oxidation sites excluding steroid dienone is 7. The topological polar surface area (TPSA) is 8.17 Å². The highest BCUT2D eigenvalue weighted by molar-refractivity contribution is 6.19. The molecule has 3 aliphatic carbocycles. The molecule has 11 rings (SSSR count). The average molecular weight is 667 g/mol. The van der Waals surface area contributed by atoms with E-state index in [0.717, 1.165) is 19.3 Å². The zero-order valence-corrected chi connectivity index (χ0v) is 29.0. The molecule has 0 bridgehead atoms. The Balaban J connectivity index is 1.00. The molecule has 0 fully saturated rings. The second kappa shape index (κ2) is 11.7. The summed E-state index contributed by atoms with van der Waals surface area (Å²) < 4.78 is 2.58. The first kappa shape index (κ1) is 29.6. The van der Waals surface area contributed by atoms with E-state index in [4.69, 9.17) is 0 Å². The summed E-state index contributed by atoms with van der Waals surface area (Å²) >= 11 is 0. The maximum atomic E-state index is 2.58. The predicted octanol–water partition coefficient (Wildman–Crippen LogP) is 12.9. The van der Waals surface area contributed by atoms with Gasteiger partial charge in [-0.3, -0.25) is 0 Å². The maximum Gasteiger partial charge on any atom is 0.0629 e. The summed E-state index contributed by atoms with van der Waals surface area (Å²) in [6, 6.07) is 45.8. The van der Waals surface area contributed by atoms with E-state index in [2.05, 4.69) is 185 Å². The van der Waals surface area contributed by atoms with Gasteiger partial charge in [-0.05, 0) is 105 Å². The fourth-order valence-corrected chi connectivity index (χ4v) is 9.69. The van der Waals surface area contributed by atoms with E-state index in [1.165, 1.54) is 82.9 Å². The maximum absolute atomic E-state index is 2.58. The van der Waals surface area contributed by atoms with Crippen LogP contribution >= 0.6 is 0 Å². The molecule has 6 aromatic carbocycles. The largest absolute Gasteiger partial charge is 0.333 e. The monoisotopic (exact) mass is 666 g/mol. The summed E-state index contributed by atoms with van der Waals surface area (Å²) in [4.78, 5) is 2.51. The Morgan fingerprint density at radius 2 is 1.25 bits per heavy atom. The molecule has 2 heteroatoms. The summed E-state index contributed by atoms with van der Waals surface area (Å²) in [5, 5.41) is 6.60. The summed E-state index contributed by atoms with van der Waals surface area (Å²) in [7, 11) is 0. The van der Waals surface area contributed by atoms with Crippen LogP contribution in [0.4, 0.5) is 11.4 Å². The van der Waals surface area contributed by atoms with E-state index in [-0.39, 0.29) is 6.04 Å². The molecule has 0 saturated heterocycles. The fraction of sp³-hybridized carbons (Fsp3) is 0.120. The van der Waals surface area contributed by atoms with Crippen LogP contribution in [0.2, 0.25) is 0 Å². The molecule has 248 valence electrons.